The quantitative estimate of drug-likeness (QED) is 0.750. The highest BCUT2D eigenvalue weighted by atomic mass is 16.6. The number of carbonyl (C=O) groups is 2. The Balaban J connectivity index is 2.88. The lowest BCUT2D eigenvalue weighted by Crippen LogP contribution is -2.51. The third kappa shape index (κ3) is 4.59. The van der Waals surface area contributed by atoms with Gasteiger partial charge in [0.25, 0.3) is 0 Å². The molecule has 0 aromatic heterocycles. The van der Waals surface area contributed by atoms with Gasteiger partial charge in [0.2, 0.25) is 0 Å². The van der Waals surface area contributed by atoms with Gasteiger partial charge in [-0.25, -0.2) is 4.79 Å². The summed E-state index contributed by atoms with van der Waals surface area (Å²) >= 11 is 0. The maximum absolute atomic E-state index is 12.5. The molecule has 122 valence electrons. The first kappa shape index (κ1) is 17.8. The Hall–Kier alpha value is -1.30. The normalized spacial score (nSPS) is 22.8. The molecule has 1 fully saturated rings. The molecule has 0 saturated carbocycles. The molecule has 6 nitrogen and oxygen atoms in total. The standard InChI is InChI=1S/C15H27NO5/c1-10(8-12(17)19-7)11-9-20-15(5,6)16(11)13(18)21-14(2,3)4/h10-11H,8-9H2,1-7H3/t10-,11+/m1/s1. The van der Waals surface area contributed by atoms with Crippen LogP contribution in [0.4, 0.5) is 4.79 Å². The number of amides is 1. The number of hydrogen-bond acceptors (Lipinski definition) is 5. The van der Waals surface area contributed by atoms with Crippen molar-refractivity contribution in [3.8, 4) is 0 Å². The molecule has 0 bridgehead atoms. The van der Waals surface area contributed by atoms with Crippen LogP contribution in [-0.4, -0.2) is 48.0 Å². The molecule has 0 radical (unpaired) electrons. The number of esters is 1. The van der Waals surface area contributed by atoms with Crippen molar-refractivity contribution in [2.75, 3.05) is 13.7 Å². The minimum Gasteiger partial charge on any atom is -0.469 e. The predicted molar refractivity (Wildman–Crippen MR) is 77.7 cm³/mol. The molecule has 1 amide bonds. The van der Waals surface area contributed by atoms with Gasteiger partial charge in [-0.2, -0.15) is 0 Å². The van der Waals surface area contributed by atoms with Gasteiger partial charge in [-0.3, -0.25) is 9.69 Å². The summed E-state index contributed by atoms with van der Waals surface area (Å²) in [6.45, 7) is 11.4. The Bertz CT molecular complexity index is 399. The fraction of sp³-hybridized carbons (Fsp3) is 0.867. The van der Waals surface area contributed by atoms with Crippen molar-refractivity contribution in [2.24, 2.45) is 5.92 Å². The molecular formula is C15H27NO5. The Morgan fingerprint density at radius 2 is 1.95 bits per heavy atom. The minimum absolute atomic E-state index is 0.0771. The van der Waals surface area contributed by atoms with Gasteiger partial charge in [0.1, 0.15) is 11.3 Å². The summed E-state index contributed by atoms with van der Waals surface area (Å²) in [5.41, 5.74) is -1.33. The van der Waals surface area contributed by atoms with Crippen molar-refractivity contribution in [3.05, 3.63) is 0 Å². The van der Waals surface area contributed by atoms with Crippen molar-refractivity contribution in [1.29, 1.82) is 0 Å². The Kier molecular flexibility index (Phi) is 5.25. The maximum atomic E-state index is 12.5. The number of ether oxygens (including phenoxy) is 3. The van der Waals surface area contributed by atoms with E-state index in [2.05, 4.69) is 0 Å². The monoisotopic (exact) mass is 301 g/mol. The van der Waals surface area contributed by atoms with E-state index in [1.807, 2.05) is 41.5 Å². The van der Waals surface area contributed by atoms with Gasteiger partial charge < -0.3 is 14.2 Å². The van der Waals surface area contributed by atoms with E-state index in [9.17, 15) is 9.59 Å². The molecule has 0 aliphatic carbocycles. The third-order valence-electron chi connectivity index (χ3n) is 3.48. The predicted octanol–water partition coefficient (Wildman–Crippen LogP) is 2.56. The van der Waals surface area contributed by atoms with Crippen molar-refractivity contribution in [1.82, 2.24) is 4.90 Å². The average Bonchev–Trinajstić information content (AvgIpc) is 2.62. The first-order chi connectivity index (χ1) is 9.48. The first-order valence-corrected chi connectivity index (χ1v) is 7.21. The van der Waals surface area contributed by atoms with Crippen LogP contribution in [0.3, 0.4) is 0 Å². The summed E-state index contributed by atoms with van der Waals surface area (Å²) in [5, 5.41) is 0. The van der Waals surface area contributed by atoms with Crippen LogP contribution < -0.4 is 0 Å². The lowest BCUT2D eigenvalue weighted by atomic mass is 9.97. The number of hydrogen-bond donors (Lipinski definition) is 0. The van der Waals surface area contributed by atoms with Crippen molar-refractivity contribution in [2.45, 2.75) is 65.3 Å². The highest BCUT2D eigenvalue weighted by Crippen LogP contribution is 2.33. The molecule has 0 N–H and O–H groups in total. The Morgan fingerprint density at radius 3 is 2.43 bits per heavy atom. The lowest BCUT2D eigenvalue weighted by Gasteiger charge is -2.36. The summed E-state index contributed by atoms with van der Waals surface area (Å²) in [5.74, 6) is -0.372. The van der Waals surface area contributed by atoms with E-state index in [-0.39, 0.29) is 24.3 Å². The van der Waals surface area contributed by atoms with Crippen LogP contribution in [0.25, 0.3) is 0 Å². The van der Waals surface area contributed by atoms with Gasteiger partial charge in [-0.05, 0) is 40.5 Å². The minimum atomic E-state index is -0.753. The Morgan fingerprint density at radius 1 is 1.38 bits per heavy atom. The number of carbonyl (C=O) groups excluding carboxylic acids is 2. The molecule has 2 atom stereocenters. The summed E-state index contributed by atoms with van der Waals surface area (Å²) < 4.78 is 15.9. The third-order valence-corrected chi connectivity index (χ3v) is 3.48. The topological polar surface area (TPSA) is 65.1 Å². The van der Waals surface area contributed by atoms with Crippen LogP contribution in [0.2, 0.25) is 0 Å². The van der Waals surface area contributed by atoms with Gasteiger partial charge in [0.05, 0.1) is 26.2 Å². The second kappa shape index (κ2) is 6.22. The molecular weight excluding hydrogens is 274 g/mol. The smallest absolute Gasteiger partial charge is 0.412 e. The molecule has 0 aromatic rings. The van der Waals surface area contributed by atoms with Crippen molar-refractivity contribution >= 4 is 12.1 Å². The van der Waals surface area contributed by atoms with E-state index in [4.69, 9.17) is 14.2 Å². The lowest BCUT2D eigenvalue weighted by molar-refractivity contribution is -0.142. The van der Waals surface area contributed by atoms with Gasteiger partial charge in [0, 0.05) is 0 Å². The molecule has 1 rings (SSSR count). The van der Waals surface area contributed by atoms with E-state index in [1.165, 1.54) is 7.11 Å². The van der Waals surface area contributed by atoms with Crippen molar-refractivity contribution in [3.63, 3.8) is 0 Å². The highest BCUT2D eigenvalue weighted by Gasteiger charge is 2.47. The molecule has 1 aliphatic rings. The van der Waals surface area contributed by atoms with Crippen molar-refractivity contribution < 1.29 is 23.8 Å². The second-order valence-electron chi connectivity index (χ2n) is 6.93. The number of methoxy groups -OCH3 is 1. The van der Waals surface area contributed by atoms with E-state index in [0.717, 1.165) is 0 Å². The molecule has 0 aromatic carbocycles. The van der Waals surface area contributed by atoms with Crippen LogP contribution in [-0.2, 0) is 19.0 Å². The zero-order chi connectivity index (χ0) is 16.4. The SMILES string of the molecule is COC(=O)C[C@@H](C)[C@@H]1COC(C)(C)N1C(=O)OC(C)(C)C. The van der Waals surface area contributed by atoms with E-state index in [0.29, 0.717) is 6.61 Å². The summed E-state index contributed by atoms with van der Waals surface area (Å²) in [6, 6.07) is -0.214. The number of nitrogens with zero attached hydrogens (tertiary/aromatic N) is 1. The largest absolute Gasteiger partial charge is 0.469 e. The fourth-order valence-corrected chi connectivity index (χ4v) is 2.40. The number of rotatable bonds is 3. The second-order valence-corrected chi connectivity index (χ2v) is 6.93. The molecule has 21 heavy (non-hydrogen) atoms. The van der Waals surface area contributed by atoms with Gasteiger partial charge in [-0.1, -0.05) is 6.92 Å². The highest BCUT2D eigenvalue weighted by molar-refractivity contribution is 5.71. The summed E-state index contributed by atoms with van der Waals surface area (Å²) in [4.78, 5) is 25.5. The molecule has 1 heterocycles. The zero-order valence-electron chi connectivity index (χ0n) is 14.1. The maximum Gasteiger partial charge on any atom is 0.412 e. The molecule has 6 heteroatoms. The first-order valence-electron chi connectivity index (χ1n) is 7.21. The van der Waals surface area contributed by atoms with Crippen LogP contribution in [0.15, 0.2) is 0 Å². The summed E-state index contributed by atoms with van der Waals surface area (Å²) in [6.07, 6.45) is -0.188. The van der Waals surface area contributed by atoms with E-state index in [1.54, 1.807) is 4.90 Å². The van der Waals surface area contributed by atoms with Gasteiger partial charge in [-0.15, -0.1) is 0 Å². The van der Waals surface area contributed by atoms with E-state index < -0.39 is 17.4 Å². The molecule has 0 unspecified atom stereocenters. The molecule has 0 spiro atoms. The van der Waals surface area contributed by atoms with Gasteiger partial charge in [0.15, 0.2) is 0 Å². The zero-order valence-corrected chi connectivity index (χ0v) is 14.1. The fourth-order valence-electron chi connectivity index (χ4n) is 2.40. The van der Waals surface area contributed by atoms with Crippen LogP contribution in [0.5, 0.6) is 0 Å². The summed E-state index contributed by atoms with van der Waals surface area (Å²) in [7, 11) is 1.36. The van der Waals surface area contributed by atoms with Crippen LogP contribution >= 0.6 is 0 Å². The van der Waals surface area contributed by atoms with Gasteiger partial charge >= 0.3 is 12.1 Å². The molecule has 1 aliphatic heterocycles. The molecule has 1 saturated heterocycles. The van der Waals surface area contributed by atoms with Crippen LogP contribution in [0.1, 0.15) is 48.0 Å². The Labute approximate surface area is 126 Å². The average molecular weight is 301 g/mol. The van der Waals surface area contributed by atoms with Crippen LogP contribution in [0, 0.1) is 5.92 Å². The van der Waals surface area contributed by atoms with E-state index >= 15 is 0 Å².